The van der Waals surface area contributed by atoms with Gasteiger partial charge in [-0.05, 0) is 32.4 Å². The van der Waals surface area contributed by atoms with Gasteiger partial charge in [-0.1, -0.05) is 18.2 Å². The van der Waals surface area contributed by atoms with E-state index < -0.39 is 0 Å². The van der Waals surface area contributed by atoms with Crippen molar-refractivity contribution in [3.8, 4) is 0 Å². The first kappa shape index (κ1) is 16.6. The average Bonchev–Trinajstić information content (AvgIpc) is 2.84. The Balaban J connectivity index is 1.63. The summed E-state index contributed by atoms with van der Waals surface area (Å²) in [5.41, 5.74) is 7.44. The number of carbonyl (C=O) groups excluding carboxylic acids is 1. The predicted molar refractivity (Wildman–Crippen MR) is 89.8 cm³/mol. The van der Waals surface area contributed by atoms with Gasteiger partial charge in [0, 0.05) is 37.9 Å². The molecule has 0 aromatic heterocycles. The fourth-order valence-corrected chi connectivity index (χ4v) is 2.66. The lowest BCUT2D eigenvalue weighted by molar-refractivity contribution is 0.235. The van der Waals surface area contributed by atoms with E-state index in [4.69, 9.17) is 0 Å². The van der Waals surface area contributed by atoms with Crippen LogP contribution in [0.2, 0.25) is 0 Å². The van der Waals surface area contributed by atoms with E-state index in [0.717, 1.165) is 13.0 Å². The minimum atomic E-state index is -0.100. The molecule has 1 aromatic rings. The summed E-state index contributed by atoms with van der Waals surface area (Å²) in [6.07, 6.45) is 0.908. The van der Waals surface area contributed by atoms with Crippen molar-refractivity contribution in [3.63, 3.8) is 0 Å². The maximum absolute atomic E-state index is 11.9. The molecular formula is C16H27N5O. The summed E-state index contributed by atoms with van der Waals surface area (Å²) in [6.45, 7) is 5.68. The highest BCUT2D eigenvalue weighted by Gasteiger charge is 2.30. The van der Waals surface area contributed by atoms with E-state index in [1.165, 1.54) is 5.69 Å². The monoisotopic (exact) mass is 305 g/mol. The Morgan fingerprint density at radius 1 is 1.18 bits per heavy atom. The topological polar surface area (TPSA) is 68.4 Å². The number of urea groups is 1. The van der Waals surface area contributed by atoms with Crippen LogP contribution < -0.4 is 26.4 Å². The van der Waals surface area contributed by atoms with Gasteiger partial charge in [-0.2, -0.15) is 0 Å². The Bertz CT molecular complexity index is 457. The second-order valence-corrected chi connectivity index (χ2v) is 5.90. The van der Waals surface area contributed by atoms with E-state index in [1.54, 1.807) is 0 Å². The van der Waals surface area contributed by atoms with Crippen LogP contribution in [-0.2, 0) is 0 Å². The lowest BCUT2D eigenvalue weighted by Gasteiger charge is -2.21. The largest absolute Gasteiger partial charge is 0.375 e. The van der Waals surface area contributed by atoms with Crippen LogP contribution >= 0.6 is 0 Å². The molecule has 1 heterocycles. The number of hydrogen-bond acceptors (Lipinski definition) is 4. The number of hydrogen-bond donors (Lipinski definition) is 4. The van der Waals surface area contributed by atoms with Gasteiger partial charge in [-0.3, -0.25) is 10.9 Å². The summed E-state index contributed by atoms with van der Waals surface area (Å²) in [5, 5.41) is 5.93. The Hall–Kier alpha value is -1.79. The van der Waals surface area contributed by atoms with Crippen LogP contribution in [0.3, 0.4) is 0 Å². The molecule has 2 amide bonds. The molecule has 22 heavy (non-hydrogen) atoms. The van der Waals surface area contributed by atoms with Crippen molar-refractivity contribution >= 4 is 11.7 Å². The number of nitrogens with one attached hydrogen (secondary N) is 4. The molecule has 1 aliphatic heterocycles. The zero-order valence-electron chi connectivity index (χ0n) is 13.6. The minimum absolute atomic E-state index is 0.100. The fourth-order valence-electron chi connectivity index (χ4n) is 2.66. The molecule has 2 atom stereocenters. The molecule has 0 saturated carbocycles. The zero-order valence-corrected chi connectivity index (χ0v) is 13.6. The number of carbonyl (C=O) groups is 1. The first-order valence-electron chi connectivity index (χ1n) is 7.89. The molecule has 6 heteroatoms. The third kappa shape index (κ3) is 4.61. The van der Waals surface area contributed by atoms with Gasteiger partial charge in [-0.25, -0.2) is 4.79 Å². The van der Waals surface area contributed by atoms with E-state index >= 15 is 0 Å². The molecular weight excluding hydrogens is 278 g/mol. The molecule has 122 valence electrons. The average molecular weight is 305 g/mol. The van der Waals surface area contributed by atoms with Gasteiger partial charge >= 0.3 is 6.03 Å². The lowest BCUT2D eigenvalue weighted by atomic mass is 10.1. The summed E-state index contributed by atoms with van der Waals surface area (Å²) in [6, 6.07) is 10.7. The van der Waals surface area contributed by atoms with Crippen LogP contribution in [0.4, 0.5) is 10.5 Å². The van der Waals surface area contributed by atoms with Gasteiger partial charge in [0.25, 0.3) is 0 Å². The van der Waals surface area contributed by atoms with Crippen LogP contribution in [0.1, 0.15) is 20.3 Å². The number of amides is 2. The van der Waals surface area contributed by atoms with Gasteiger partial charge in [0.15, 0.2) is 0 Å². The number of benzene rings is 1. The van der Waals surface area contributed by atoms with Gasteiger partial charge in [0.1, 0.15) is 0 Å². The molecule has 6 nitrogen and oxygen atoms in total. The molecule has 1 fully saturated rings. The fraction of sp³-hybridized carbons (Fsp3) is 0.562. The second kappa shape index (κ2) is 8.00. The van der Waals surface area contributed by atoms with Crippen LogP contribution in [0.5, 0.6) is 0 Å². The van der Waals surface area contributed by atoms with E-state index in [2.05, 4.69) is 59.4 Å². The van der Waals surface area contributed by atoms with Gasteiger partial charge in [-0.15, -0.1) is 0 Å². The lowest BCUT2D eigenvalue weighted by Crippen LogP contribution is -2.50. The quantitative estimate of drug-likeness (QED) is 0.594. The van der Waals surface area contributed by atoms with E-state index in [-0.39, 0.29) is 24.2 Å². The second-order valence-electron chi connectivity index (χ2n) is 5.90. The van der Waals surface area contributed by atoms with Crippen molar-refractivity contribution in [2.45, 2.75) is 38.4 Å². The first-order chi connectivity index (χ1) is 10.6. The number of rotatable bonds is 6. The van der Waals surface area contributed by atoms with Crippen LogP contribution in [0.25, 0.3) is 0 Å². The van der Waals surface area contributed by atoms with Gasteiger partial charge < -0.3 is 15.5 Å². The minimum Gasteiger partial charge on any atom is -0.375 e. The summed E-state index contributed by atoms with van der Waals surface area (Å²) >= 11 is 0. The van der Waals surface area contributed by atoms with E-state index in [0.29, 0.717) is 6.54 Å². The summed E-state index contributed by atoms with van der Waals surface area (Å²) < 4.78 is 0. The van der Waals surface area contributed by atoms with Crippen molar-refractivity contribution < 1.29 is 4.79 Å². The zero-order chi connectivity index (χ0) is 15.9. The predicted octanol–water partition coefficient (Wildman–Crippen LogP) is 1.07. The standard InChI is InChI=1S/C16H27N5O/c1-12-15(13(2)20-19-12)18-16(22)17-10-7-11-21(3)14-8-5-4-6-9-14/h4-6,8-9,12-13,15,19-20H,7,10-11H2,1-3H3,(H2,17,18,22). The number of hydrazine groups is 1. The van der Waals surface area contributed by atoms with Crippen molar-refractivity contribution in [1.82, 2.24) is 21.5 Å². The van der Waals surface area contributed by atoms with E-state index in [1.807, 2.05) is 18.2 Å². The van der Waals surface area contributed by atoms with E-state index in [9.17, 15) is 4.79 Å². The normalized spacial score (nSPS) is 24.0. The van der Waals surface area contributed by atoms with Crippen molar-refractivity contribution in [3.05, 3.63) is 30.3 Å². The van der Waals surface area contributed by atoms with Crippen molar-refractivity contribution in [2.75, 3.05) is 25.0 Å². The van der Waals surface area contributed by atoms with Crippen LogP contribution in [0.15, 0.2) is 30.3 Å². The molecule has 0 spiro atoms. The molecule has 1 saturated heterocycles. The molecule has 0 radical (unpaired) electrons. The van der Waals surface area contributed by atoms with Gasteiger partial charge in [0.05, 0.1) is 6.04 Å². The maximum Gasteiger partial charge on any atom is 0.315 e. The highest BCUT2D eigenvalue weighted by Crippen LogP contribution is 2.10. The summed E-state index contributed by atoms with van der Waals surface area (Å²) in [5.74, 6) is 0. The smallest absolute Gasteiger partial charge is 0.315 e. The Kier molecular flexibility index (Phi) is 6.03. The molecule has 1 aromatic carbocycles. The molecule has 2 unspecified atom stereocenters. The first-order valence-corrected chi connectivity index (χ1v) is 7.89. The van der Waals surface area contributed by atoms with Crippen molar-refractivity contribution in [1.29, 1.82) is 0 Å². The molecule has 0 bridgehead atoms. The number of anilines is 1. The SMILES string of the molecule is CC1NNC(C)C1NC(=O)NCCCN(C)c1ccccc1. The Morgan fingerprint density at radius 2 is 1.82 bits per heavy atom. The Morgan fingerprint density at radius 3 is 2.45 bits per heavy atom. The third-order valence-electron chi connectivity index (χ3n) is 4.07. The number of nitrogens with zero attached hydrogens (tertiary/aromatic N) is 1. The molecule has 0 aliphatic carbocycles. The van der Waals surface area contributed by atoms with Crippen LogP contribution in [-0.4, -0.2) is 44.3 Å². The van der Waals surface area contributed by atoms with Crippen molar-refractivity contribution in [2.24, 2.45) is 0 Å². The molecule has 1 aliphatic rings. The Labute approximate surface area is 132 Å². The third-order valence-corrected chi connectivity index (χ3v) is 4.07. The summed E-state index contributed by atoms with van der Waals surface area (Å²) in [4.78, 5) is 14.1. The molecule has 4 N–H and O–H groups in total. The summed E-state index contributed by atoms with van der Waals surface area (Å²) in [7, 11) is 2.06. The maximum atomic E-state index is 11.9. The van der Waals surface area contributed by atoms with Crippen LogP contribution in [0, 0.1) is 0 Å². The van der Waals surface area contributed by atoms with Gasteiger partial charge in [0.2, 0.25) is 0 Å². The highest BCUT2D eigenvalue weighted by atomic mass is 16.2. The number of para-hydroxylation sites is 1. The molecule has 2 rings (SSSR count). The highest BCUT2D eigenvalue weighted by molar-refractivity contribution is 5.74.